The SMILES string of the molecule is CCCCCc1ccc(-c2ccc(OCCCC)cc2)c(C#N)c1C#N. The van der Waals surface area contributed by atoms with E-state index in [1.54, 1.807) is 0 Å². The Bertz CT molecular complexity index is 795. The molecule has 0 N–H and O–H groups in total. The van der Waals surface area contributed by atoms with Crippen LogP contribution in [0.2, 0.25) is 0 Å². The summed E-state index contributed by atoms with van der Waals surface area (Å²) in [6, 6.07) is 16.2. The fraction of sp³-hybridized carbons (Fsp3) is 0.391. The Hall–Kier alpha value is -2.78. The molecule has 2 rings (SSSR count). The van der Waals surface area contributed by atoms with E-state index in [0.29, 0.717) is 17.7 Å². The first kappa shape index (κ1) is 19.5. The summed E-state index contributed by atoms with van der Waals surface area (Å²) in [7, 11) is 0. The molecule has 2 aromatic carbocycles. The standard InChI is InChI=1S/C23H26N2O/c1-3-5-7-8-18-11-14-21(23(17-25)22(18)16-24)19-9-12-20(13-10-19)26-15-6-4-2/h9-14H,3-8,15H2,1-2H3. The van der Waals surface area contributed by atoms with Gasteiger partial charge in [0, 0.05) is 5.56 Å². The van der Waals surface area contributed by atoms with Gasteiger partial charge in [-0.05, 0) is 42.5 Å². The molecule has 0 atom stereocenters. The van der Waals surface area contributed by atoms with Crippen LogP contribution in [0, 0.1) is 22.7 Å². The average Bonchev–Trinajstić information content (AvgIpc) is 2.68. The molecule has 0 unspecified atom stereocenters. The van der Waals surface area contributed by atoms with Crippen LogP contribution in [-0.2, 0) is 6.42 Å². The molecule has 0 aliphatic carbocycles. The lowest BCUT2D eigenvalue weighted by Gasteiger charge is -2.11. The molecule has 0 aliphatic heterocycles. The Balaban J connectivity index is 2.29. The lowest BCUT2D eigenvalue weighted by atomic mass is 9.91. The molecule has 26 heavy (non-hydrogen) atoms. The maximum atomic E-state index is 9.66. The molecule has 0 saturated heterocycles. The van der Waals surface area contributed by atoms with Gasteiger partial charge in [0.15, 0.2) is 0 Å². The number of unbranched alkanes of at least 4 members (excludes halogenated alkanes) is 3. The van der Waals surface area contributed by atoms with Crippen LogP contribution in [-0.4, -0.2) is 6.61 Å². The van der Waals surface area contributed by atoms with Gasteiger partial charge in [0.2, 0.25) is 0 Å². The van der Waals surface area contributed by atoms with Crippen LogP contribution >= 0.6 is 0 Å². The summed E-state index contributed by atoms with van der Waals surface area (Å²) < 4.78 is 5.70. The topological polar surface area (TPSA) is 56.8 Å². The van der Waals surface area contributed by atoms with Crippen LogP contribution in [0.25, 0.3) is 11.1 Å². The first-order valence-corrected chi connectivity index (χ1v) is 9.44. The Labute approximate surface area is 156 Å². The molecule has 0 fully saturated rings. The molecule has 0 aromatic heterocycles. The molecule has 0 saturated carbocycles. The third-order valence-electron chi connectivity index (χ3n) is 4.50. The molecule has 0 amide bonds. The van der Waals surface area contributed by atoms with Crippen LogP contribution in [0.5, 0.6) is 5.75 Å². The Morgan fingerprint density at radius 2 is 1.50 bits per heavy atom. The second-order valence-electron chi connectivity index (χ2n) is 6.43. The largest absolute Gasteiger partial charge is 0.494 e. The zero-order chi connectivity index (χ0) is 18.8. The minimum atomic E-state index is 0.473. The third-order valence-corrected chi connectivity index (χ3v) is 4.50. The summed E-state index contributed by atoms with van der Waals surface area (Å²) in [6.07, 6.45) is 6.29. The normalized spacial score (nSPS) is 10.2. The monoisotopic (exact) mass is 346 g/mol. The Morgan fingerprint density at radius 1 is 0.808 bits per heavy atom. The molecule has 0 radical (unpaired) electrons. The highest BCUT2D eigenvalue weighted by Crippen LogP contribution is 2.30. The quantitative estimate of drug-likeness (QED) is 0.522. The van der Waals surface area contributed by atoms with Crippen LogP contribution in [0.4, 0.5) is 0 Å². The molecule has 2 aromatic rings. The Morgan fingerprint density at radius 3 is 2.12 bits per heavy atom. The number of hydrogen-bond acceptors (Lipinski definition) is 3. The number of benzene rings is 2. The van der Waals surface area contributed by atoms with E-state index < -0.39 is 0 Å². The molecule has 3 nitrogen and oxygen atoms in total. The molecular weight excluding hydrogens is 320 g/mol. The van der Waals surface area contributed by atoms with Crippen molar-refractivity contribution in [1.82, 2.24) is 0 Å². The van der Waals surface area contributed by atoms with E-state index in [9.17, 15) is 10.5 Å². The van der Waals surface area contributed by atoms with Crippen LogP contribution in [0.15, 0.2) is 36.4 Å². The molecule has 0 heterocycles. The van der Waals surface area contributed by atoms with Crippen molar-refractivity contribution in [2.75, 3.05) is 6.61 Å². The van der Waals surface area contributed by atoms with Crippen LogP contribution in [0.3, 0.4) is 0 Å². The minimum absolute atomic E-state index is 0.473. The van der Waals surface area contributed by atoms with Crippen molar-refractivity contribution in [2.45, 2.75) is 52.4 Å². The number of hydrogen-bond donors (Lipinski definition) is 0. The molecule has 134 valence electrons. The van der Waals surface area contributed by atoms with E-state index in [1.165, 1.54) is 0 Å². The molecule has 3 heteroatoms. The van der Waals surface area contributed by atoms with E-state index in [0.717, 1.165) is 61.0 Å². The van der Waals surface area contributed by atoms with E-state index in [2.05, 4.69) is 26.0 Å². The second-order valence-corrected chi connectivity index (χ2v) is 6.43. The summed E-state index contributed by atoms with van der Waals surface area (Å²) in [5.41, 5.74) is 3.70. The van der Waals surface area contributed by atoms with Crippen LogP contribution < -0.4 is 4.74 Å². The number of aryl methyl sites for hydroxylation is 1. The molecule has 0 bridgehead atoms. The first-order valence-electron chi connectivity index (χ1n) is 9.44. The number of rotatable bonds is 9. The van der Waals surface area contributed by atoms with Gasteiger partial charge in [-0.25, -0.2) is 0 Å². The zero-order valence-electron chi connectivity index (χ0n) is 15.7. The van der Waals surface area contributed by atoms with Crippen molar-refractivity contribution >= 4 is 0 Å². The smallest absolute Gasteiger partial charge is 0.119 e. The molecule has 0 aliphatic rings. The van der Waals surface area contributed by atoms with E-state index in [1.807, 2.05) is 36.4 Å². The molecular formula is C23H26N2O. The average molecular weight is 346 g/mol. The lowest BCUT2D eigenvalue weighted by molar-refractivity contribution is 0.309. The highest BCUT2D eigenvalue weighted by atomic mass is 16.5. The summed E-state index contributed by atoms with van der Waals surface area (Å²) >= 11 is 0. The van der Waals surface area contributed by atoms with Crippen molar-refractivity contribution in [3.8, 4) is 29.0 Å². The van der Waals surface area contributed by atoms with Gasteiger partial charge in [-0.3, -0.25) is 0 Å². The van der Waals surface area contributed by atoms with Gasteiger partial charge >= 0.3 is 0 Å². The van der Waals surface area contributed by atoms with Crippen molar-refractivity contribution in [1.29, 1.82) is 10.5 Å². The number of nitriles is 2. The van der Waals surface area contributed by atoms with Gasteiger partial charge < -0.3 is 4.74 Å². The fourth-order valence-electron chi connectivity index (χ4n) is 2.97. The van der Waals surface area contributed by atoms with Crippen molar-refractivity contribution in [3.05, 3.63) is 53.1 Å². The minimum Gasteiger partial charge on any atom is -0.494 e. The van der Waals surface area contributed by atoms with Gasteiger partial charge in [-0.1, -0.05) is 57.4 Å². The third kappa shape index (κ3) is 4.87. The number of ether oxygens (including phenoxy) is 1. The highest BCUT2D eigenvalue weighted by Gasteiger charge is 2.14. The van der Waals surface area contributed by atoms with Gasteiger partial charge in [0.1, 0.15) is 17.9 Å². The number of nitrogens with zero attached hydrogens (tertiary/aromatic N) is 2. The van der Waals surface area contributed by atoms with Crippen molar-refractivity contribution in [3.63, 3.8) is 0 Å². The second kappa shape index (κ2) is 10.3. The van der Waals surface area contributed by atoms with Crippen LogP contribution in [0.1, 0.15) is 62.6 Å². The first-order chi connectivity index (χ1) is 12.7. The summed E-state index contributed by atoms with van der Waals surface area (Å²) in [6.45, 7) is 5.00. The predicted octanol–water partition coefficient (Wildman–Crippen LogP) is 6.01. The van der Waals surface area contributed by atoms with E-state index in [4.69, 9.17) is 4.74 Å². The maximum Gasteiger partial charge on any atom is 0.119 e. The lowest BCUT2D eigenvalue weighted by Crippen LogP contribution is -1.98. The summed E-state index contributed by atoms with van der Waals surface area (Å²) in [4.78, 5) is 0. The van der Waals surface area contributed by atoms with Gasteiger partial charge in [0.05, 0.1) is 17.7 Å². The van der Waals surface area contributed by atoms with Gasteiger partial charge in [-0.2, -0.15) is 10.5 Å². The summed E-state index contributed by atoms with van der Waals surface area (Å²) in [5.74, 6) is 0.831. The zero-order valence-corrected chi connectivity index (χ0v) is 15.7. The Kier molecular flexibility index (Phi) is 7.72. The van der Waals surface area contributed by atoms with E-state index >= 15 is 0 Å². The highest BCUT2D eigenvalue weighted by molar-refractivity contribution is 5.75. The maximum absolute atomic E-state index is 9.66. The fourth-order valence-corrected chi connectivity index (χ4v) is 2.97. The molecule has 0 spiro atoms. The predicted molar refractivity (Wildman–Crippen MR) is 105 cm³/mol. The van der Waals surface area contributed by atoms with Crippen molar-refractivity contribution in [2.24, 2.45) is 0 Å². The summed E-state index contributed by atoms with van der Waals surface area (Å²) in [5, 5.41) is 19.3. The van der Waals surface area contributed by atoms with Gasteiger partial charge in [-0.15, -0.1) is 0 Å². The van der Waals surface area contributed by atoms with E-state index in [-0.39, 0.29) is 0 Å². The van der Waals surface area contributed by atoms with Gasteiger partial charge in [0.25, 0.3) is 0 Å². The van der Waals surface area contributed by atoms with Crippen molar-refractivity contribution < 1.29 is 4.74 Å².